The first kappa shape index (κ1) is 15.7. The highest BCUT2D eigenvalue weighted by Gasteiger charge is 2.11. The number of hydrogen-bond donors (Lipinski definition) is 2. The third-order valence-electron chi connectivity index (χ3n) is 3.17. The average Bonchev–Trinajstić information content (AvgIpc) is 2.94. The third-order valence-corrected chi connectivity index (χ3v) is 3.98. The molecule has 0 radical (unpaired) electrons. The van der Waals surface area contributed by atoms with E-state index in [1.165, 1.54) is 0 Å². The minimum Gasteiger partial charge on any atom is -0.322 e. The van der Waals surface area contributed by atoms with Crippen LogP contribution in [0.4, 0.5) is 5.69 Å². The predicted octanol–water partition coefficient (Wildman–Crippen LogP) is 4.45. The molecule has 0 aliphatic rings. The van der Waals surface area contributed by atoms with Gasteiger partial charge in [-0.1, -0.05) is 27.5 Å². The molecule has 1 heterocycles. The number of aromatic amines is 1. The van der Waals surface area contributed by atoms with E-state index in [4.69, 9.17) is 11.6 Å². The van der Waals surface area contributed by atoms with Gasteiger partial charge in [0, 0.05) is 15.7 Å². The quantitative estimate of drug-likeness (QED) is 0.693. The average molecular weight is 392 g/mol. The summed E-state index contributed by atoms with van der Waals surface area (Å²) >= 11 is 9.40. The van der Waals surface area contributed by atoms with Gasteiger partial charge >= 0.3 is 0 Å². The normalized spacial score (nSPS) is 10.6. The molecule has 3 aromatic rings. The summed E-state index contributed by atoms with van der Waals surface area (Å²) in [4.78, 5) is 16.5. The number of nitrogens with zero attached hydrogens (tertiary/aromatic N) is 2. The van der Waals surface area contributed by atoms with Crippen molar-refractivity contribution in [2.24, 2.45) is 0 Å². The van der Waals surface area contributed by atoms with Crippen molar-refractivity contribution >= 4 is 39.1 Å². The zero-order valence-corrected chi connectivity index (χ0v) is 14.4. The molecule has 7 heteroatoms. The molecule has 1 aromatic heterocycles. The van der Waals surface area contributed by atoms with Crippen LogP contribution in [0.5, 0.6) is 0 Å². The number of carbonyl (C=O) groups is 1. The number of aryl methyl sites for hydroxylation is 1. The zero-order chi connectivity index (χ0) is 16.4. The number of benzene rings is 2. The maximum Gasteiger partial charge on any atom is 0.257 e. The van der Waals surface area contributed by atoms with Gasteiger partial charge in [-0.3, -0.25) is 9.89 Å². The molecule has 3 rings (SSSR count). The smallest absolute Gasteiger partial charge is 0.257 e. The SMILES string of the molecule is Cc1nc(-c2ccc(NC(=O)c3ccc(Br)cc3Cl)cc2)n[nH]1. The summed E-state index contributed by atoms with van der Waals surface area (Å²) in [6.07, 6.45) is 0. The Labute approximate surface area is 146 Å². The molecule has 2 aromatic carbocycles. The lowest BCUT2D eigenvalue weighted by atomic mass is 10.1. The Bertz CT molecular complexity index is 861. The molecule has 5 nitrogen and oxygen atoms in total. The number of H-pyrrole nitrogens is 1. The minimum absolute atomic E-state index is 0.260. The number of anilines is 1. The monoisotopic (exact) mass is 390 g/mol. The third kappa shape index (κ3) is 3.60. The molecule has 0 aliphatic heterocycles. The van der Waals surface area contributed by atoms with Crippen LogP contribution in [0.3, 0.4) is 0 Å². The second-order valence-electron chi connectivity index (χ2n) is 4.90. The van der Waals surface area contributed by atoms with E-state index in [1.807, 2.05) is 19.1 Å². The molecule has 0 fully saturated rings. The van der Waals surface area contributed by atoms with E-state index < -0.39 is 0 Å². The van der Waals surface area contributed by atoms with Gasteiger partial charge < -0.3 is 5.32 Å². The van der Waals surface area contributed by atoms with E-state index in [2.05, 4.69) is 36.4 Å². The van der Waals surface area contributed by atoms with Crippen LogP contribution < -0.4 is 5.32 Å². The Kier molecular flexibility index (Phi) is 4.45. The minimum atomic E-state index is -0.260. The molecule has 0 unspecified atom stereocenters. The highest BCUT2D eigenvalue weighted by molar-refractivity contribution is 9.10. The molecule has 23 heavy (non-hydrogen) atoms. The highest BCUT2D eigenvalue weighted by atomic mass is 79.9. The largest absolute Gasteiger partial charge is 0.322 e. The number of amides is 1. The molecule has 1 amide bonds. The van der Waals surface area contributed by atoms with Gasteiger partial charge in [0.15, 0.2) is 5.82 Å². The molecular weight excluding hydrogens is 380 g/mol. The molecule has 116 valence electrons. The van der Waals surface area contributed by atoms with E-state index in [1.54, 1.807) is 30.3 Å². The predicted molar refractivity (Wildman–Crippen MR) is 93.7 cm³/mol. The summed E-state index contributed by atoms with van der Waals surface area (Å²) in [5, 5.41) is 10.1. The van der Waals surface area contributed by atoms with Crippen LogP contribution in [-0.2, 0) is 0 Å². The molecule has 0 saturated heterocycles. The van der Waals surface area contributed by atoms with E-state index in [0.29, 0.717) is 22.1 Å². The van der Waals surface area contributed by atoms with E-state index in [9.17, 15) is 4.79 Å². The fraction of sp³-hybridized carbons (Fsp3) is 0.0625. The number of rotatable bonds is 3. The van der Waals surface area contributed by atoms with Crippen molar-refractivity contribution in [1.29, 1.82) is 0 Å². The number of halogens is 2. The Balaban J connectivity index is 1.76. The van der Waals surface area contributed by atoms with Gasteiger partial charge in [0.05, 0.1) is 10.6 Å². The van der Waals surface area contributed by atoms with Crippen molar-refractivity contribution in [1.82, 2.24) is 15.2 Å². The van der Waals surface area contributed by atoms with Crippen molar-refractivity contribution in [3.05, 3.63) is 63.3 Å². The second-order valence-corrected chi connectivity index (χ2v) is 6.22. The van der Waals surface area contributed by atoms with Crippen LogP contribution in [-0.4, -0.2) is 21.1 Å². The van der Waals surface area contributed by atoms with Crippen LogP contribution in [0.1, 0.15) is 16.2 Å². The number of carbonyl (C=O) groups excluding carboxylic acids is 1. The number of aromatic nitrogens is 3. The van der Waals surface area contributed by atoms with Crippen LogP contribution in [0.15, 0.2) is 46.9 Å². The highest BCUT2D eigenvalue weighted by Crippen LogP contribution is 2.23. The Morgan fingerprint density at radius 1 is 1.22 bits per heavy atom. The summed E-state index contributed by atoms with van der Waals surface area (Å²) in [5.41, 5.74) is 1.96. The van der Waals surface area contributed by atoms with Crippen LogP contribution >= 0.6 is 27.5 Å². The maximum absolute atomic E-state index is 12.3. The van der Waals surface area contributed by atoms with Crippen molar-refractivity contribution in [3.63, 3.8) is 0 Å². The summed E-state index contributed by atoms with van der Waals surface area (Å²) in [6.45, 7) is 1.84. The van der Waals surface area contributed by atoms with Crippen molar-refractivity contribution in [3.8, 4) is 11.4 Å². The summed E-state index contributed by atoms with van der Waals surface area (Å²) < 4.78 is 0.824. The van der Waals surface area contributed by atoms with Crippen molar-refractivity contribution in [2.75, 3.05) is 5.32 Å². The standard InChI is InChI=1S/C16H12BrClN4O/c1-9-19-15(22-21-9)10-2-5-12(6-3-10)20-16(23)13-7-4-11(17)8-14(13)18/h2-8H,1H3,(H,20,23)(H,19,21,22). The summed E-state index contributed by atoms with van der Waals surface area (Å²) in [7, 11) is 0. The lowest BCUT2D eigenvalue weighted by Crippen LogP contribution is -2.12. The van der Waals surface area contributed by atoms with Crippen molar-refractivity contribution < 1.29 is 4.79 Å². The van der Waals surface area contributed by atoms with Gasteiger partial charge in [0.1, 0.15) is 5.82 Å². The topological polar surface area (TPSA) is 70.7 Å². The van der Waals surface area contributed by atoms with Gasteiger partial charge in [0.25, 0.3) is 5.91 Å². The lowest BCUT2D eigenvalue weighted by Gasteiger charge is -2.07. The van der Waals surface area contributed by atoms with Gasteiger partial charge in [-0.15, -0.1) is 0 Å². The summed E-state index contributed by atoms with van der Waals surface area (Å²) in [5.74, 6) is 1.11. The van der Waals surface area contributed by atoms with E-state index in [0.717, 1.165) is 15.9 Å². The first-order chi connectivity index (χ1) is 11.0. The first-order valence-electron chi connectivity index (χ1n) is 6.79. The number of hydrogen-bond acceptors (Lipinski definition) is 3. The van der Waals surface area contributed by atoms with E-state index >= 15 is 0 Å². The molecule has 0 spiro atoms. The first-order valence-corrected chi connectivity index (χ1v) is 7.96. The fourth-order valence-corrected chi connectivity index (χ4v) is 2.81. The summed E-state index contributed by atoms with van der Waals surface area (Å²) in [6, 6.07) is 12.4. The molecule has 0 atom stereocenters. The maximum atomic E-state index is 12.3. The molecule has 2 N–H and O–H groups in total. The molecule has 0 aliphatic carbocycles. The Morgan fingerprint density at radius 3 is 2.57 bits per heavy atom. The fourth-order valence-electron chi connectivity index (χ4n) is 2.05. The van der Waals surface area contributed by atoms with Gasteiger partial charge in [-0.2, -0.15) is 5.10 Å². The Morgan fingerprint density at radius 2 is 1.96 bits per heavy atom. The molecule has 0 saturated carbocycles. The van der Waals surface area contributed by atoms with Crippen LogP contribution in [0.25, 0.3) is 11.4 Å². The Hall–Kier alpha value is -2.18. The van der Waals surface area contributed by atoms with E-state index in [-0.39, 0.29) is 5.91 Å². The molecular formula is C16H12BrClN4O. The van der Waals surface area contributed by atoms with Gasteiger partial charge in [-0.25, -0.2) is 4.98 Å². The van der Waals surface area contributed by atoms with Gasteiger partial charge in [0.2, 0.25) is 0 Å². The van der Waals surface area contributed by atoms with Crippen LogP contribution in [0.2, 0.25) is 5.02 Å². The number of nitrogens with one attached hydrogen (secondary N) is 2. The second kappa shape index (κ2) is 6.52. The zero-order valence-electron chi connectivity index (χ0n) is 12.1. The van der Waals surface area contributed by atoms with Crippen LogP contribution in [0, 0.1) is 6.92 Å². The lowest BCUT2D eigenvalue weighted by molar-refractivity contribution is 0.102. The van der Waals surface area contributed by atoms with Gasteiger partial charge in [-0.05, 0) is 49.4 Å². The van der Waals surface area contributed by atoms with Crippen molar-refractivity contribution in [2.45, 2.75) is 6.92 Å². The molecule has 0 bridgehead atoms.